The molecule has 0 aliphatic carbocycles. The van der Waals surface area contributed by atoms with Crippen molar-refractivity contribution in [1.82, 2.24) is 25.0 Å². The van der Waals surface area contributed by atoms with Gasteiger partial charge in [0.1, 0.15) is 12.6 Å². The van der Waals surface area contributed by atoms with Crippen molar-refractivity contribution >= 4 is 12.0 Å². The van der Waals surface area contributed by atoms with Gasteiger partial charge in [-0.05, 0) is 23.8 Å². The SMILES string of the molecule is O=C(NCCn1cccn1)[C@@H]1COC(=O)N1Cc1ccncc1. The summed E-state index contributed by atoms with van der Waals surface area (Å²) < 4.78 is 6.74. The molecule has 1 aliphatic rings. The van der Waals surface area contributed by atoms with Crippen LogP contribution in [0, 0.1) is 0 Å². The van der Waals surface area contributed by atoms with E-state index in [1.165, 1.54) is 4.90 Å². The van der Waals surface area contributed by atoms with E-state index in [9.17, 15) is 9.59 Å². The Balaban J connectivity index is 1.56. The first kappa shape index (κ1) is 15.0. The van der Waals surface area contributed by atoms with Crippen molar-refractivity contribution in [2.24, 2.45) is 0 Å². The summed E-state index contributed by atoms with van der Waals surface area (Å²) >= 11 is 0. The molecule has 1 aliphatic heterocycles. The molecule has 2 aromatic rings. The van der Waals surface area contributed by atoms with Crippen LogP contribution in [0.15, 0.2) is 43.0 Å². The van der Waals surface area contributed by atoms with Crippen LogP contribution >= 0.6 is 0 Å². The highest BCUT2D eigenvalue weighted by Gasteiger charge is 2.37. The van der Waals surface area contributed by atoms with Gasteiger partial charge in [0.05, 0.1) is 13.1 Å². The number of amides is 2. The first-order valence-corrected chi connectivity index (χ1v) is 7.31. The Bertz CT molecular complexity index is 659. The van der Waals surface area contributed by atoms with Gasteiger partial charge in [-0.3, -0.25) is 19.4 Å². The van der Waals surface area contributed by atoms with Gasteiger partial charge in [-0.2, -0.15) is 5.10 Å². The zero-order chi connectivity index (χ0) is 16.1. The van der Waals surface area contributed by atoms with E-state index in [1.807, 2.05) is 12.3 Å². The average molecular weight is 315 g/mol. The van der Waals surface area contributed by atoms with Gasteiger partial charge in [0.25, 0.3) is 0 Å². The highest BCUT2D eigenvalue weighted by atomic mass is 16.6. The van der Waals surface area contributed by atoms with E-state index in [2.05, 4.69) is 15.4 Å². The predicted molar refractivity (Wildman–Crippen MR) is 80.2 cm³/mol. The molecule has 120 valence electrons. The topological polar surface area (TPSA) is 89.3 Å². The fourth-order valence-electron chi connectivity index (χ4n) is 2.37. The highest BCUT2D eigenvalue weighted by Crippen LogP contribution is 2.16. The molecule has 0 unspecified atom stereocenters. The van der Waals surface area contributed by atoms with Crippen LogP contribution in [0.4, 0.5) is 4.79 Å². The van der Waals surface area contributed by atoms with Gasteiger partial charge < -0.3 is 10.1 Å². The first-order chi connectivity index (χ1) is 11.2. The molecule has 0 bridgehead atoms. The minimum absolute atomic E-state index is 0.0670. The van der Waals surface area contributed by atoms with E-state index in [1.54, 1.807) is 35.4 Å². The Kier molecular flexibility index (Phi) is 4.51. The van der Waals surface area contributed by atoms with Crippen LogP contribution < -0.4 is 5.32 Å². The molecule has 0 aromatic carbocycles. The monoisotopic (exact) mass is 315 g/mol. The fourth-order valence-corrected chi connectivity index (χ4v) is 2.37. The van der Waals surface area contributed by atoms with Crippen molar-refractivity contribution in [3.05, 3.63) is 48.5 Å². The summed E-state index contributed by atoms with van der Waals surface area (Å²) in [7, 11) is 0. The summed E-state index contributed by atoms with van der Waals surface area (Å²) in [5, 5.41) is 6.88. The Morgan fingerprint density at radius 1 is 1.35 bits per heavy atom. The van der Waals surface area contributed by atoms with Gasteiger partial charge in [0, 0.05) is 31.3 Å². The molecular formula is C15H17N5O3. The van der Waals surface area contributed by atoms with Crippen molar-refractivity contribution in [1.29, 1.82) is 0 Å². The van der Waals surface area contributed by atoms with Crippen LogP contribution in [-0.4, -0.2) is 50.9 Å². The number of carbonyl (C=O) groups excluding carboxylic acids is 2. The highest BCUT2D eigenvalue weighted by molar-refractivity contribution is 5.87. The lowest BCUT2D eigenvalue weighted by molar-refractivity contribution is -0.125. The average Bonchev–Trinajstić information content (AvgIpc) is 3.19. The third-order valence-corrected chi connectivity index (χ3v) is 3.58. The molecule has 0 saturated carbocycles. The normalized spacial score (nSPS) is 17.1. The molecule has 3 heterocycles. The second kappa shape index (κ2) is 6.91. The van der Waals surface area contributed by atoms with Gasteiger partial charge in [0.2, 0.25) is 5.91 Å². The Hall–Kier alpha value is -2.90. The van der Waals surface area contributed by atoms with Crippen molar-refractivity contribution in [3.8, 4) is 0 Å². The molecule has 3 rings (SSSR count). The molecule has 1 saturated heterocycles. The lowest BCUT2D eigenvalue weighted by Crippen LogP contribution is -2.46. The number of pyridine rings is 1. The molecule has 1 fully saturated rings. The first-order valence-electron chi connectivity index (χ1n) is 7.31. The van der Waals surface area contributed by atoms with Gasteiger partial charge >= 0.3 is 6.09 Å². The molecule has 8 nitrogen and oxygen atoms in total. The molecule has 1 atom stereocenters. The molecule has 2 amide bonds. The number of hydrogen-bond donors (Lipinski definition) is 1. The molecular weight excluding hydrogens is 298 g/mol. The summed E-state index contributed by atoms with van der Waals surface area (Å²) in [5.74, 6) is -0.225. The zero-order valence-corrected chi connectivity index (χ0v) is 12.5. The number of rotatable bonds is 6. The predicted octanol–water partition coefficient (Wildman–Crippen LogP) is 0.415. The maximum Gasteiger partial charge on any atom is 0.410 e. The van der Waals surface area contributed by atoms with Crippen molar-refractivity contribution < 1.29 is 14.3 Å². The minimum Gasteiger partial charge on any atom is -0.447 e. The fraction of sp³-hybridized carbons (Fsp3) is 0.333. The maximum absolute atomic E-state index is 12.3. The lowest BCUT2D eigenvalue weighted by atomic mass is 10.2. The molecule has 0 radical (unpaired) electrons. The lowest BCUT2D eigenvalue weighted by Gasteiger charge is -2.20. The van der Waals surface area contributed by atoms with Crippen LogP contribution in [0.25, 0.3) is 0 Å². The number of aromatic nitrogens is 3. The molecule has 1 N–H and O–H groups in total. The number of nitrogens with one attached hydrogen (secondary N) is 1. The Morgan fingerprint density at radius 3 is 2.91 bits per heavy atom. The van der Waals surface area contributed by atoms with Crippen LogP contribution in [0.1, 0.15) is 5.56 Å². The molecule has 0 spiro atoms. The van der Waals surface area contributed by atoms with Gasteiger partial charge in [-0.1, -0.05) is 0 Å². The van der Waals surface area contributed by atoms with E-state index in [4.69, 9.17) is 4.74 Å². The van der Waals surface area contributed by atoms with Gasteiger partial charge in [0.15, 0.2) is 0 Å². The zero-order valence-electron chi connectivity index (χ0n) is 12.5. The summed E-state index contributed by atoms with van der Waals surface area (Å²) in [6, 6.07) is 4.81. The van der Waals surface area contributed by atoms with Crippen molar-refractivity contribution in [3.63, 3.8) is 0 Å². The largest absolute Gasteiger partial charge is 0.447 e. The quantitative estimate of drug-likeness (QED) is 0.834. The third-order valence-electron chi connectivity index (χ3n) is 3.58. The number of hydrogen-bond acceptors (Lipinski definition) is 5. The van der Waals surface area contributed by atoms with E-state index < -0.39 is 12.1 Å². The van der Waals surface area contributed by atoms with Crippen LogP contribution in [0.5, 0.6) is 0 Å². The maximum atomic E-state index is 12.3. The van der Waals surface area contributed by atoms with Crippen LogP contribution in [0.3, 0.4) is 0 Å². The number of nitrogens with zero attached hydrogens (tertiary/aromatic N) is 4. The van der Waals surface area contributed by atoms with E-state index in [0.717, 1.165) is 5.56 Å². The minimum atomic E-state index is -0.617. The van der Waals surface area contributed by atoms with E-state index in [0.29, 0.717) is 19.6 Å². The van der Waals surface area contributed by atoms with E-state index >= 15 is 0 Å². The molecule has 2 aromatic heterocycles. The van der Waals surface area contributed by atoms with E-state index in [-0.39, 0.29) is 12.5 Å². The van der Waals surface area contributed by atoms with Crippen molar-refractivity contribution in [2.45, 2.75) is 19.1 Å². The second-order valence-corrected chi connectivity index (χ2v) is 5.14. The number of cyclic esters (lactones) is 1. The standard InChI is InChI=1S/C15H17N5O3/c21-14(17-7-9-19-8-1-4-18-19)13-11-23-15(22)20(13)10-12-2-5-16-6-3-12/h1-6,8,13H,7,9-11H2,(H,17,21)/t13-/m0/s1. The van der Waals surface area contributed by atoms with Crippen molar-refractivity contribution in [2.75, 3.05) is 13.2 Å². The second-order valence-electron chi connectivity index (χ2n) is 5.14. The molecule has 8 heteroatoms. The summed E-state index contributed by atoms with van der Waals surface area (Å²) in [6.45, 7) is 1.40. The number of carbonyl (C=O) groups is 2. The Morgan fingerprint density at radius 2 is 2.17 bits per heavy atom. The third kappa shape index (κ3) is 3.65. The van der Waals surface area contributed by atoms with Crippen LogP contribution in [0.2, 0.25) is 0 Å². The smallest absolute Gasteiger partial charge is 0.410 e. The van der Waals surface area contributed by atoms with Gasteiger partial charge in [-0.15, -0.1) is 0 Å². The van der Waals surface area contributed by atoms with Gasteiger partial charge in [-0.25, -0.2) is 4.79 Å². The van der Waals surface area contributed by atoms with Crippen LogP contribution in [-0.2, 0) is 22.6 Å². The summed E-state index contributed by atoms with van der Waals surface area (Å²) in [5.41, 5.74) is 0.896. The molecule has 23 heavy (non-hydrogen) atoms. The number of ether oxygens (including phenoxy) is 1. The Labute approximate surface area is 133 Å². The summed E-state index contributed by atoms with van der Waals surface area (Å²) in [6.07, 6.45) is 6.33. The summed E-state index contributed by atoms with van der Waals surface area (Å²) in [4.78, 5) is 29.5.